The number of primary amides is 1. The van der Waals surface area contributed by atoms with Crippen LogP contribution >= 0.6 is 0 Å². The maximum absolute atomic E-state index is 15.4. The Morgan fingerprint density at radius 2 is 1.90 bits per heavy atom. The minimum Gasteiger partial charge on any atom is -0.510 e. The van der Waals surface area contributed by atoms with E-state index in [9.17, 15) is 39.6 Å². The lowest BCUT2D eigenvalue weighted by Crippen LogP contribution is -2.63. The number of carbonyl (C=O) groups excluding carboxylic acids is 4. The Morgan fingerprint density at radius 1 is 1.20 bits per heavy atom. The molecule has 0 aromatic heterocycles. The standard InChI is InChI=1S/C27H31FN4O8/c1-32(2)19-12-8-10-7-11-13(28)9-15(31-26(39)14-5-3-4-6-30-14)20(33)17(11)21(34)16(10)23(36)27(12,40)24(37)18(22(19)35)25(29)38/h9-10,12,14,19,30,33,35-36,40H,3-8H2,1-2H3,(H2,29,38)(H,31,39)/t10-,12-,14+,19-,27-/m0/s1. The molecule has 214 valence electrons. The molecule has 1 saturated heterocycles. The largest absolute Gasteiger partial charge is 0.510 e. The lowest BCUT2D eigenvalue weighted by atomic mass is 9.58. The van der Waals surface area contributed by atoms with Gasteiger partial charge in [-0.25, -0.2) is 4.39 Å². The second kappa shape index (κ2) is 9.68. The molecule has 1 aromatic rings. The quantitative estimate of drug-likeness (QED) is 0.199. The zero-order chi connectivity index (χ0) is 29.3. The lowest BCUT2D eigenvalue weighted by molar-refractivity contribution is -0.148. The van der Waals surface area contributed by atoms with E-state index in [1.807, 2.05) is 0 Å². The second-order valence-corrected chi connectivity index (χ2v) is 11.1. The van der Waals surface area contributed by atoms with Crippen LogP contribution in [0.4, 0.5) is 10.1 Å². The molecule has 12 nitrogen and oxygen atoms in total. The first-order valence-corrected chi connectivity index (χ1v) is 13.0. The SMILES string of the molecule is CN(C)[C@@H]1C(O)=C(C(N)=O)C(=O)[C@@]2(O)C(O)=C3C(=O)c4c(O)c(NC(=O)[C@H]5CCCCN5)cc(F)c4C[C@H]3C[C@@H]12. The number of carbonyl (C=O) groups is 4. The minimum atomic E-state index is -2.79. The molecule has 3 aliphatic carbocycles. The number of nitrogens with zero attached hydrogens (tertiary/aromatic N) is 1. The van der Waals surface area contributed by atoms with Crippen molar-refractivity contribution in [2.24, 2.45) is 17.6 Å². The van der Waals surface area contributed by atoms with Crippen LogP contribution in [0.3, 0.4) is 0 Å². The van der Waals surface area contributed by atoms with Crippen molar-refractivity contribution < 1.29 is 44.0 Å². The third kappa shape index (κ3) is 3.91. The van der Waals surface area contributed by atoms with Gasteiger partial charge in [-0.05, 0) is 52.2 Å². The summed E-state index contributed by atoms with van der Waals surface area (Å²) in [6, 6.07) is -0.778. The Bertz CT molecular complexity index is 1410. The van der Waals surface area contributed by atoms with Crippen LogP contribution < -0.4 is 16.4 Å². The van der Waals surface area contributed by atoms with Crippen molar-refractivity contribution in [1.82, 2.24) is 10.2 Å². The zero-order valence-corrected chi connectivity index (χ0v) is 22.0. The molecule has 5 rings (SSSR count). The molecule has 13 heteroatoms. The van der Waals surface area contributed by atoms with Gasteiger partial charge in [0.2, 0.25) is 11.7 Å². The van der Waals surface area contributed by atoms with Crippen molar-refractivity contribution >= 4 is 29.1 Å². The van der Waals surface area contributed by atoms with Crippen molar-refractivity contribution in [3.05, 3.63) is 45.7 Å². The molecule has 0 saturated carbocycles. The van der Waals surface area contributed by atoms with Gasteiger partial charge < -0.3 is 36.8 Å². The Hall–Kier alpha value is -3.81. The number of aromatic hydroxyl groups is 1. The van der Waals surface area contributed by atoms with E-state index in [0.717, 1.165) is 18.9 Å². The number of piperidine rings is 1. The molecular weight excluding hydrogens is 527 g/mol. The van der Waals surface area contributed by atoms with Gasteiger partial charge in [0, 0.05) is 23.1 Å². The van der Waals surface area contributed by atoms with E-state index in [-0.39, 0.29) is 24.1 Å². The summed E-state index contributed by atoms with van der Waals surface area (Å²) in [7, 11) is 3.04. The fraction of sp³-hybridized carbons (Fsp3) is 0.481. The molecule has 1 heterocycles. The van der Waals surface area contributed by atoms with E-state index < -0.39 is 92.7 Å². The van der Waals surface area contributed by atoms with E-state index in [0.29, 0.717) is 13.0 Å². The number of Topliss-reactive ketones (excluding diaryl/α,β-unsaturated/α-hetero) is 2. The molecule has 0 radical (unpaired) electrons. The van der Waals surface area contributed by atoms with Crippen molar-refractivity contribution in [3.63, 3.8) is 0 Å². The van der Waals surface area contributed by atoms with E-state index in [1.165, 1.54) is 19.0 Å². The van der Waals surface area contributed by atoms with Crippen LogP contribution in [0.1, 0.15) is 41.6 Å². The number of phenols is 1. The maximum Gasteiger partial charge on any atom is 0.255 e. The number of nitrogens with one attached hydrogen (secondary N) is 2. The Balaban J connectivity index is 1.60. The number of allylic oxidation sites excluding steroid dienone is 1. The van der Waals surface area contributed by atoms with E-state index in [4.69, 9.17) is 5.73 Å². The minimum absolute atomic E-state index is 0.149. The zero-order valence-electron chi connectivity index (χ0n) is 22.0. The third-order valence-electron chi connectivity index (χ3n) is 8.55. The molecule has 4 aliphatic rings. The van der Waals surface area contributed by atoms with Crippen molar-refractivity contribution in [2.45, 2.75) is 49.8 Å². The summed E-state index contributed by atoms with van der Waals surface area (Å²) >= 11 is 0. The Kier molecular flexibility index (Phi) is 6.71. The van der Waals surface area contributed by atoms with Gasteiger partial charge in [0.15, 0.2) is 17.1 Å². The van der Waals surface area contributed by atoms with Gasteiger partial charge in [-0.15, -0.1) is 0 Å². The summed E-state index contributed by atoms with van der Waals surface area (Å²) in [5.41, 5.74) is 0.212. The fourth-order valence-electron chi connectivity index (χ4n) is 6.66. The molecule has 1 fully saturated rings. The lowest BCUT2D eigenvalue weighted by Gasteiger charge is -2.50. The number of hydrogen-bond donors (Lipinski definition) is 7. The van der Waals surface area contributed by atoms with Gasteiger partial charge >= 0.3 is 0 Å². The summed E-state index contributed by atoms with van der Waals surface area (Å²) in [4.78, 5) is 53.3. The number of phenolic OH excluding ortho intramolecular Hbond substituents is 1. The van der Waals surface area contributed by atoms with Gasteiger partial charge in [0.05, 0.1) is 23.3 Å². The van der Waals surface area contributed by atoms with Gasteiger partial charge in [-0.2, -0.15) is 0 Å². The van der Waals surface area contributed by atoms with E-state index >= 15 is 4.39 Å². The predicted octanol–water partition coefficient (Wildman–Crippen LogP) is 0.340. The number of benzene rings is 1. The number of amides is 2. The second-order valence-electron chi connectivity index (χ2n) is 11.1. The maximum atomic E-state index is 15.4. The number of nitrogens with two attached hydrogens (primary N) is 1. The van der Waals surface area contributed by atoms with Crippen LogP contribution in [0.25, 0.3) is 0 Å². The van der Waals surface area contributed by atoms with Crippen LogP contribution in [0.5, 0.6) is 5.75 Å². The number of halogens is 1. The van der Waals surface area contributed by atoms with E-state index in [1.54, 1.807) is 0 Å². The average molecular weight is 559 g/mol. The first-order valence-electron chi connectivity index (χ1n) is 13.0. The number of hydrogen-bond acceptors (Lipinski definition) is 10. The van der Waals surface area contributed by atoms with Crippen LogP contribution in [-0.4, -0.2) is 87.0 Å². The highest BCUT2D eigenvalue weighted by molar-refractivity contribution is 6.25. The first-order chi connectivity index (χ1) is 18.8. The highest BCUT2D eigenvalue weighted by Gasteiger charge is 2.63. The molecule has 40 heavy (non-hydrogen) atoms. The average Bonchev–Trinajstić information content (AvgIpc) is 2.89. The first kappa shape index (κ1) is 27.7. The molecule has 2 amide bonds. The number of rotatable bonds is 4. The van der Waals surface area contributed by atoms with Gasteiger partial charge in [-0.1, -0.05) is 6.42 Å². The summed E-state index contributed by atoms with van der Waals surface area (Å²) in [6.07, 6.45) is 1.91. The Morgan fingerprint density at radius 3 is 2.50 bits per heavy atom. The summed E-state index contributed by atoms with van der Waals surface area (Å²) in [6.45, 7) is 0.623. The van der Waals surface area contributed by atoms with Crippen LogP contribution in [0.2, 0.25) is 0 Å². The van der Waals surface area contributed by atoms with Crippen molar-refractivity contribution in [2.75, 3.05) is 26.0 Å². The highest BCUT2D eigenvalue weighted by atomic mass is 19.1. The number of fused-ring (bicyclic) bond motifs is 3. The molecule has 1 aromatic carbocycles. The van der Waals surface area contributed by atoms with Crippen LogP contribution in [0, 0.1) is 17.7 Å². The van der Waals surface area contributed by atoms with Crippen LogP contribution in [-0.2, 0) is 20.8 Å². The Labute approximate surface area is 228 Å². The number of anilines is 1. The molecule has 1 aliphatic heterocycles. The summed E-state index contributed by atoms with van der Waals surface area (Å²) < 4.78 is 15.4. The summed E-state index contributed by atoms with van der Waals surface area (Å²) in [5, 5.41) is 50.2. The molecular formula is C27H31FN4O8. The summed E-state index contributed by atoms with van der Waals surface area (Å²) in [5.74, 6) is -9.66. The molecule has 0 bridgehead atoms. The monoisotopic (exact) mass is 558 g/mol. The highest BCUT2D eigenvalue weighted by Crippen LogP contribution is 2.53. The van der Waals surface area contributed by atoms with Gasteiger partial charge in [0.25, 0.3) is 5.91 Å². The number of ketones is 2. The van der Waals surface area contributed by atoms with Crippen molar-refractivity contribution in [3.8, 4) is 5.75 Å². The van der Waals surface area contributed by atoms with Crippen molar-refractivity contribution in [1.29, 1.82) is 0 Å². The number of likely N-dealkylation sites (N-methyl/N-ethyl adjacent to an activating group) is 1. The molecule has 0 spiro atoms. The number of aliphatic hydroxyl groups is 3. The predicted molar refractivity (Wildman–Crippen MR) is 138 cm³/mol. The topological polar surface area (TPSA) is 203 Å². The molecule has 8 N–H and O–H groups in total. The molecule has 5 atom stereocenters. The fourth-order valence-corrected chi connectivity index (χ4v) is 6.66. The van der Waals surface area contributed by atoms with E-state index in [2.05, 4.69) is 10.6 Å². The van der Waals surface area contributed by atoms with Gasteiger partial charge in [0.1, 0.15) is 22.9 Å². The smallest absolute Gasteiger partial charge is 0.255 e. The van der Waals surface area contributed by atoms with Gasteiger partial charge in [-0.3, -0.25) is 24.1 Å². The molecule has 0 unspecified atom stereocenters. The normalized spacial score (nSPS) is 30.1. The van der Waals surface area contributed by atoms with Crippen LogP contribution in [0.15, 0.2) is 28.7 Å². The third-order valence-corrected chi connectivity index (χ3v) is 8.55. The number of aliphatic hydroxyl groups excluding tert-OH is 2.